The standard InChI is InChI=1S/C5H6N.Sb/c1-5-2-3-6-4-5;/h2-3,6H,1H3;. The van der Waals surface area contributed by atoms with Crippen LogP contribution in [0.25, 0.3) is 0 Å². The maximum absolute atomic E-state index is 3.09. The van der Waals surface area contributed by atoms with E-state index in [-0.39, 0.29) is 0 Å². The topological polar surface area (TPSA) is 15.8 Å². The van der Waals surface area contributed by atoms with Gasteiger partial charge in [0, 0.05) is 0 Å². The van der Waals surface area contributed by atoms with Crippen molar-refractivity contribution >= 4 is 26.7 Å². The molecule has 1 N–H and O–H groups in total. The van der Waals surface area contributed by atoms with Gasteiger partial charge in [-0.3, -0.25) is 0 Å². The van der Waals surface area contributed by atoms with Gasteiger partial charge in [0.15, 0.2) is 0 Å². The van der Waals surface area contributed by atoms with E-state index in [1.807, 2.05) is 6.20 Å². The van der Waals surface area contributed by atoms with Crippen LogP contribution in [0.1, 0.15) is 5.56 Å². The summed E-state index contributed by atoms with van der Waals surface area (Å²) in [6.45, 7) is 2.10. The van der Waals surface area contributed by atoms with E-state index >= 15 is 0 Å². The van der Waals surface area contributed by atoms with Crippen molar-refractivity contribution in [2.75, 3.05) is 0 Å². The molecule has 0 bridgehead atoms. The molecule has 1 aromatic heterocycles. The first kappa shape index (κ1) is 5.24. The van der Waals surface area contributed by atoms with Crippen LogP contribution in [0.5, 0.6) is 0 Å². The van der Waals surface area contributed by atoms with Gasteiger partial charge in [-0.25, -0.2) is 0 Å². The third-order valence-corrected chi connectivity index (χ3v) is 2.30. The van der Waals surface area contributed by atoms with E-state index in [9.17, 15) is 0 Å². The summed E-state index contributed by atoms with van der Waals surface area (Å²) in [5.74, 6) is 0. The molecular formula is C5H6NSb. The van der Waals surface area contributed by atoms with Gasteiger partial charge in [0.1, 0.15) is 0 Å². The van der Waals surface area contributed by atoms with Crippen molar-refractivity contribution in [1.82, 2.24) is 4.98 Å². The summed E-state index contributed by atoms with van der Waals surface area (Å²) in [7, 11) is 0. The van der Waals surface area contributed by atoms with E-state index in [1.165, 1.54) is 9.20 Å². The zero-order chi connectivity index (χ0) is 5.28. The molecular weight excluding hydrogens is 196 g/mol. The fourth-order valence-corrected chi connectivity index (χ4v) is 0.864. The molecule has 1 rings (SSSR count). The quantitative estimate of drug-likeness (QED) is 0.575. The Morgan fingerprint density at radius 2 is 2.43 bits per heavy atom. The van der Waals surface area contributed by atoms with Crippen LogP contribution in [0.15, 0.2) is 12.3 Å². The molecule has 7 heavy (non-hydrogen) atoms. The van der Waals surface area contributed by atoms with E-state index in [2.05, 4.69) is 18.0 Å². The van der Waals surface area contributed by atoms with Gasteiger partial charge >= 0.3 is 56.4 Å². The van der Waals surface area contributed by atoms with Crippen LogP contribution >= 0.6 is 0 Å². The van der Waals surface area contributed by atoms with Gasteiger partial charge in [0.2, 0.25) is 0 Å². The Labute approximate surface area is 56.6 Å². The van der Waals surface area contributed by atoms with Gasteiger partial charge in [-0.15, -0.1) is 0 Å². The average molecular weight is 202 g/mol. The van der Waals surface area contributed by atoms with E-state index in [0.717, 1.165) is 0 Å². The van der Waals surface area contributed by atoms with Crippen LogP contribution in [-0.4, -0.2) is 28.0 Å². The van der Waals surface area contributed by atoms with Crippen molar-refractivity contribution in [3.63, 3.8) is 0 Å². The van der Waals surface area contributed by atoms with Gasteiger partial charge in [-0.1, -0.05) is 0 Å². The molecule has 36 valence electrons. The number of aromatic nitrogens is 1. The van der Waals surface area contributed by atoms with Crippen molar-refractivity contribution in [2.45, 2.75) is 6.92 Å². The predicted octanol–water partition coefficient (Wildman–Crippen LogP) is 0.117. The first-order valence-corrected chi connectivity index (χ1v) is 3.41. The zero-order valence-corrected chi connectivity index (χ0v) is 6.65. The summed E-state index contributed by atoms with van der Waals surface area (Å²) >= 11 is 1.73. The van der Waals surface area contributed by atoms with E-state index in [4.69, 9.17) is 0 Å². The van der Waals surface area contributed by atoms with E-state index in [1.54, 1.807) is 23.0 Å². The zero-order valence-electron chi connectivity index (χ0n) is 4.10. The minimum atomic E-state index is 1.31. The molecule has 0 atom stereocenters. The van der Waals surface area contributed by atoms with Gasteiger partial charge in [-0.2, -0.15) is 0 Å². The Morgan fingerprint density at radius 3 is 2.57 bits per heavy atom. The van der Waals surface area contributed by atoms with Gasteiger partial charge < -0.3 is 0 Å². The number of aryl methyl sites for hydroxylation is 1. The Hall–Kier alpha value is 0.0982. The molecule has 1 nitrogen and oxygen atoms in total. The summed E-state index contributed by atoms with van der Waals surface area (Å²) in [6.07, 6.45) is 1.96. The summed E-state index contributed by atoms with van der Waals surface area (Å²) in [4.78, 5) is 3.09. The van der Waals surface area contributed by atoms with Crippen molar-refractivity contribution in [3.05, 3.63) is 17.8 Å². The predicted molar refractivity (Wildman–Crippen MR) is 30.9 cm³/mol. The molecule has 0 spiro atoms. The molecule has 0 unspecified atom stereocenters. The molecule has 2 radical (unpaired) electrons. The molecule has 2 heteroatoms. The summed E-state index contributed by atoms with van der Waals surface area (Å²) in [5, 5.41) is 0. The number of aromatic amines is 1. The Kier molecular flexibility index (Phi) is 1.43. The van der Waals surface area contributed by atoms with E-state index in [0.29, 0.717) is 0 Å². The third kappa shape index (κ3) is 1.00. The van der Waals surface area contributed by atoms with Crippen LogP contribution in [-0.2, 0) is 0 Å². The number of hydrogen-bond acceptors (Lipinski definition) is 0. The molecule has 1 aromatic rings. The first-order chi connectivity index (χ1) is 3.30. The molecule has 0 aliphatic heterocycles. The van der Waals surface area contributed by atoms with Gasteiger partial charge in [0.25, 0.3) is 0 Å². The summed E-state index contributed by atoms with van der Waals surface area (Å²) < 4.78 is 1.31. The molecule has 0 amide bonds. The minimum absolute atomic E-state index is 1.31. The second kappa shape index (κ2) is 1.91. The normalized spacial score (nSPS) is 9.43. The Bertz CT molecular complexity index is 140. The molecule has 0 saturated carbocycles. The fraction of sp³-hybridized carbons (Fsp3) is 0.200. The molecule has 0 fully saturated rings. The second-order valence-electron chi connectivity index (χ2n) is 1.51. The van der Waals surface area contributed by atoms with Gasteiger partial charge in [0.05, 0.1) is 0 Å². The number of rotatable bonds is 0. The van der Waals surface area contributed by atoms with Gasteiger partial charge in [-0.05, 0) is 0 Å². The SMILES string of the molecule is Cc1cc[nH][c]1[Sb]. The molecule has 0 aromatic carbocycles. The van der Waals surface area contributed by atoms with Crippen molar-refractivity contribution < 1.29 is 0 Å². The molecule has 0 aliphatic rings. The molecule has 0 saturated heterocycles. The number of H-pyrrole nitrogens is 1. The second-order valence-corrected chi connectivity index (χ2v) is 2.79. The Balaban J connectivity index is 3.12. The van der Waals surface area contributed by atoms with Crippen molar-refractivity contribution in [1.29, 1.82) is 0 Å². The van der Waals surface area contributed by atoms with Crippen LogP contribution < -0.4 is 3.64 Å². The summed E-state index contributed by atoms with van der Waals surface area (Å²) in [6, 6.07) is 2.08. The van der Waals surface area contributed by atoms with E-state index < -0.39 is 0 Å². The maximum atomic E-state index is 3.09. The number of hydrogen-bond donors (Lipinski definition) is 1. The fourth-order valence-electron chi connectivity index (χ4n) is 0.438. The third-order valence-electron chi connectivity index (χ3n) is 0.927. The summed E-state index contributed by atoms with van der Waals surface area (Å²) in [5.41, 5.74) is 1.36. The Morgan fingerprint density at radius 1 is 1.71 bits per heavy atom. The average Bonchev–Trinajstić information content (AvgIpc) is 1.91. The van der Waals surface area contributed by atoms with Crippen molar-refractivity contribution in [2.24, 2.45) is 0 Å². The van der Waals surface area contributed by atoms with Crippen LogP contribution in [0.3, 0.4) is 0 Å². The van der Waals surface area contributed by atoms with Crippen molar-refractivity contribution in [3.8, 4) is 0 Å². The van der Waals surface area contributed by atoms with Crippen LogP contribution in [0.2, 0.25) is 0 Å². The van der Waals surface area contributed by atoms with Crippen LogP contribution in [0.4, 0.5) is 0 Å². The molecule has 0 aliphatic carbocycles. The van der Waals surface area contributed by atoms with Crippen LogP contribution in [0, 0.1) is 6.92 Å². The first-order valence-electron chi connectivity index (χ1n) is 2.13. The number of nitrogens with one attached hydrogen (secondary N) is 1. The molecule has 1 heterocycles. The monoisotopic (exact) mass is 201 g/mol.